The summed E-state index contributed by atoms with van der Waals surface area (Å²) in [5.41, 5.74) is 0.0460. The third kappa shape index (κ3) is 4.00. The van der Waals surface area contributed by atoms with Crippen LogP contribution >= 0.6 is 0 Å². The zero-order chi connectivity index (χ0) is 21.5. The van der Waals surface area contributed by atoms with Crippen LogP contribution in [0.2, 0.25) is 0 Å². The van der Waals surface area contributed by atoms with Gasteiger partial charge < -0.3 is 4.74 Å². The molecule has 1 nitrogen and oxygen atoms in total. The molecule has 0 spiro atoms. The highest BCUT2D eigenvalue weighted by Gasteiger charge is 2.34. The Morgan fingerprint density at radius 3 is 1.52 bits per heavy atom. The number of methoxy groups -OCH3 is 1. The highest BCUT2D eigenvalue weighted by Crippen LogP contribution is 2.18. The molecule has 0 saturated heterocycles. The molecular weight excluding hydrogens is 409 g/mol. The van der Waals surface area contributed by atoms with E-state index >= 15 is 0 Å². The lowest BCUT2D eigenvalue weighted by Gasteiger charge is -2.20. The van der Waals surface area contributed by atoms with E-state index in [-0.39, 0.29) is 30.2 Å². The van der Waals surface area contributed by atoms with Gasteiger partial charge in [-0.05, 0) is 43.2 Å². The second-order valence-corrected chi connectivity index (χ2v) is 9.38. The van der Waals surface area contributed by atoms with E-state index in [9.17, 15) is 26.3 Å². The van der Waals surface area contributed by atoms with E-state index in [1.807, 2.05) is 0 Å². The van der Waals surface area contributed by atoms with Crippen LogP contribution in [0.3, 0.4) is 0 Å². The maximum absolute atomic E-state index is 14.8. The fourth-order valence-corrected chi connectivity index (χ4v) is 6.83. The van der Waals surface area contributed by atoms with Crippen molar-refractivity contribution in [2.24, 2.45) is 0 Å². The van der Waals surface area contributed by atoms with Crippen LogP contribution < -0.4 is 18.0 Å². The lowest BCUT2D eigenvalue weighted by Crippen LogP contribution is -2.55. The molecular formula is C21H15AlF6O. The second kappa shape index (κ2) is 8.13. The van der Waals surface area contributed by atoms with Crippen molar-refractivity contribution >= 4 is 27.4 Å². The van der Waals surface area contributed by atoms with Gasteiger partial charge in [0.05, 0.1) is 7.11 Å². The minimum absolute atomic E-state index is 0.0230. The molecule has 150 valence electrons. The van der Waals surface area contributed by atoms with Crippen molar-refractivity contribution in [2.45, 2.75) is 13.8 Å². The zero-order valence-corrected chi connectivity index (χ0v) is 16.9. The molecule has 0 N–H and O–H groups in total. The summed E-state index contributed by atoms with van der Waals surface area (Å²) in [6, 6.07) is 5.05. The summed E-state index contributed by atoms with van der Waals surface area (Å²) in [5, 5.41) is 0. The highest BCUT2D eigenvalue weighted by atomic mass is 27.2. The Hall–Kier alpha value is -2.43. The average molecular weight is 424 g/mol. The van der Waals surface area contributed by atoms with Crippen molar-refractivity contribution in [2.75, 3.05) is 7.11 Å². The summed E-state index contributed by atoms with van der Waals surface area (Å²) >= 11 is -3.18. The number of rotatable bonds is 4. The molecule has 0 aliphatic carbocycles. The van der Waals surface area contributed by atoms with Crippen molar-refractivity contribution in [3.63, 3.8) is 0 Å². The quantitative estimate of drug-likeness (QED) is 0.459. The smallest absolute Gasteiger partial charge is 0.389 e. The predicted octanol–water partition coefficient (Wildman–Crippen LogP) is 3.66. The first-order valence-corrected chi connectivity index (χ1v) is 10.3. The predicted molar refractivity (Wildman–Crippen MR) is 99.8 cm³/mol. The van der Waals surface area contributed by atoms with Crippen molar-refractivity contribution in [3.8, 4) is 5.75 Å². The minimum Gasteiger partial charge on any atom is -0.494 e. The molecule has 0 unspecified atom stereocenters. The van der Waals surface area contributed by atoms with Crippen molar-refractivity contribution in [1.29, 1.82) is 0 Å². The van der Waals surface area contributed by atoms with E-state index in [0.717, 1.165) is 18.2 Å². The summed E-state index contributed by atoms with van der Waals surface area (Å²) in [7, 11) is 1.18. The number of halogens is 6. The van der Waals surface area contributed by atoms with Crippen molar-refractivity contribution in [1.82, 2.24) is 0 Å². The van der Waals surface area contributed by atoms with Gasteiger partial charge in [-0.2, -0.15) is 0 Å². The molecule has 0 heterocycles. The molecule has 0 fully saturated rings. The Morgan fingerprint density at radius 1 is 0.586 bits per heavy atom. The van der Waals surface area contributed by atoms with Crippen LogP contribution in [0.15, 0.2) is 36.4 Å². The van der Waals surface area contributed by atoms with Crippen LogP contribution in [0.1, 0.15) is 11.1 Å². The lowest BCUT2D eigenvalue weighted by atomic mass is 10.2. The minimum atomic E-state index is -3.18. The second-order valence-electron chi connectivity index (χ2n) is 6.64. The SMILES string of the molecule is COc1c[c]([Al]([c]2cc(F)cc(F)c2C)[c]2cc(F)cc(F)c2C)c(F)cc1F. The average Bonchev–Trinajstić information content (AvgIpc) is 2.64. The summed E-state index contributed by atoms with van der Waals surface area (Å²) in [4.78, 5) is 0. The van der Waals surface area contributed by atoms with E-state index in [0.29, 0.717) is 18.2 Å². The number of hydrogen-bond acceptors (Lipinski definition) is 1. The molecule has 0 radical (unpaired) electrons. The monoisotopic (exact) mass is 424 g/mol. The van der Waals surface area contributed by atoms with Gasteiger partial charge >= 0.3 is 14.1 Å². The lowest BCUT2D eigenvalue weighted by molar-refractivity contribution is 0.385. The Balaban J connectivity index is 2.42. The van der Waals surface area contributed by atoms with Crippen molar-refractivity contribution in [3.05, 3.63) is 82.4 Å². The molecule has 3 aromatic rings. The van der Waals surface area contributed by atoms with Crippen LogP contribution in [-0.2, 0) is 0 Å². The van der Waals surface area contributed by atoms with E-state index in [2.05, 4.69) is 0 Å². The molecule has 8 heteroatoms. The van der Waals surface area contributed by atoms with E-state index in [1.165, 1.54) is 21.0 Å². The first-order valence-electron chi connectivity index (χ1n) is 8.58. The zero-order valence-electron chi connectivity index (χ0n) is 15.7. The van der Waals surface area contributed by atoms with E-state index in [1.54, 1.807) is 0 Å². The first-order chi connectivity index (χ1) is 13.6. The molecule has 0 amide bonds. The summed E-state index contributed by atoms with van der Waals surface area (Å²) in [6.07, 6.45) is 0. The number of ether oxygens (including phenoxy) is 1. The Kier molecular flexibility index (Phi) is 5.97. The van der Waals surface area contributed by atoms with Crippen LogP contribution in [0, 0.1) is 48.8 Å². The Bertz CT molecular complexity index is 1040. The molecule has 0 aliphatic rings. The van der Waals surface area contributed by atoms with Gasteiger partial charge in [0.2, 0.25) is 0 Å². The van der Waals surface area contributed by atoms with Gasteiger partial charge in [0.25, 0.3) is 0 Å². The standard InChI is InChI=1S/C7H5F2O.2C7H5F2.Al/c1-10-7-3-2-5(8)4-6(7)9;2*1-5-2-3-6(8)4-7(5)9;/h3-4H,1H3;2*3-4H,1H3;. The molecule has 0 bridgehead atoms. The maximum atomic E-state index is 14.8. The highest BCUT2D eigenvalue weighted by molar-refractivity contribution is 6.96. The fourth-order valence-electron chi connectivity index (χ4n) is 3.36. The third-order valence-corrected chi connectivity index (χ3v) is 8.41. The normalized spacial score (nSPS) is 10.9. The third-order valence-electron chi connectivity index (χ3n) is 4.90. The molecule has 0 saturated carbocycles. The van der Waals surface area contributed by atoms with Gasteiger partial charge in [-0.15, -0.1) is 0 Å². The van der Waals surface area contributed by atoms with Gasteiger partial charge in [-0.25, -0.2) is 26.3 Å². The summed E-state index contributed by atoms with van der Waals surface area (Å²) in [6.45, 7) is 2.74. The molecule has 3 aromatic carbocycles. The van der Waals surface area contributed by atoms with Gasteiger partial charge in [-0.3, -0.25) is 0 Å². The van der Waals surface area contributed by atoms with Gasteiger partial charge in [0.15, 0.2) is 11.6 Å². The Labute approximate surface area is 167 Å². The molecule has 0 aliphatic heterocycles. The van der Waals surface area contributed by atoms with Crippen LogP contribution in [0.5, 0.6) is 5.75 Å². The number of benzene rings is 3. The summed E-state index contributed by atoms with van der Waals surface area (Å²) < 4.78 is 90.3. The number of hydrogen-bond donors (Lipinski definition) is 0. The van der Waals surface area contributed by atoms with Crippen LogP contribution in [0.4, 0.5) is 26.3 Å². The Morgan fingerprint density at radius 2 is 1.07 bits per heavy atom. The van der Waals surface area contributed by atoms with Gasteiger partial charge in [-0.1, -0.05) is 13.3 Å². The van der Waals surface area contributed by atoms with Gasteiger partial charge in [0, 0.05) is 18.2 Å². The molecule has 0 aromatic heterocycles. The molecule has 0 atom stereocenters. The largest absolute Gasteiger partial charge is 0.494 e. The van der Waals surface area contributed by atoms with E-state index < -0.39 is 49.1 Å². The maximum Gasteiger partial charge on any atom is 0.389 e. The molecule has 3 rings (SSSR count). The van der Waals surface area contributed by atoms with Crippen molar-refractivity contribution < 1.29 is 31.1 Å². The van der Waals surface area contributed by atoms with Crippen LogP contribution in [-0.4, -0.2) is 21.3 Å². The van der Waals surface area contributed by atoms with E-state index in [4.69, 9.17) is 4.74 Å². The van der Waals surface area contributed by atoms with Gasteiger partial charge in [0.1, 0.15) is 29.1 Å². The first kappa shape index (κ1) is 21.3. The fraction of sp³-hybridized carbons (Fsp3) is 0.143. The topological polar surface area (TPSA) is 9.23 Å². The van der Waals surface area contributed by atoms with Crippen LogP contribution in [0.25, 0.3) is 0 Å². The molecule has 29 heavy (non-hydrogen) atoms. The summed E-state index contributed by atoms with van der Waals surface area (Å²) in [5.74, 6) is -5.82.